The highest BCUT2D eigenvalue weighted by atomic mass is 16.6. The normalized spacial score (nSPS) is 24.3. The topological polar surface area (TPSA) is 105 Å². The van der Waals surface area contributed by atoms with Crippen LogP contribution in [0.5, 0.6) is 17.2 Å². The predicted molar refractivity (Wildman–Crippen MR) is 121 cm³/mol. The molecule has 0 aliphatic heterocycles. The number of carbonyl (C=O) groups is 1. The highest BCUT2D eigenvalue weighted by Gasteiger charge is 2.53. The summed E-state index contributed by atoms with van der Waals surface area (Å²) in [6, 6.07) is 3.62. The van der Waals surface area contributed by atoms with E-state index in [4.69, 9.17) is 28.5 Å². The molecule has 1 aromatic heterocycles. The van der Waals surface area contributed by atoms with Gasteiger partial charge in [-0.1, -0.05) is 5.16 Å². The molecule has 5 rings (SSSR count). The fraction of sp³-hybridized carbons (Fsp3) is 0.625. The molecule has 3 aliphatic carbocycles. The molecule has 2 aromatic rings. The minimum atomic E-state index is -0.513. The maximum atomic E-state index is 12.4. The lowest BCUT2D eigenvalue weighted by molar-refractivity contribution is 0.0205. The highest BCUT2D eigenvalue weighted by molar-refractivity contribution is 5.69. The van der Waals surface area contributed by atoms with Crippen molar-refractivity contribution < 1.29 is 28.3 Å². The molecular formula is C24H33N3O6. The van der Waals surface area contributed by atoms with Crippen LogP contribution in [0.3, 0.4) is 0 Å². The first-order chi connectivity index (χ1) is 15.6. The predicted octanol–water partition coefficient (Wildman–Crippen LogP) is 4.63. The van der Waals surface area contributed by atoms with E-state index < -0.39 is 5.60 Å². The number of rotatable bonds is 6. The SMILES string of the molecule is COc1cc(-c2noc(C34CCC(NC(=O)OC(C)(C)C)(CC3)CC4)n2)cc(OC)c1OC. The first-order valence-corrected chi connectivity index (χ1v) is 11.3. The van der Waals surface area contributed by atoms with E-state index in [1.54, 1.807) is 21.3 Å². The number of alkyl carbamates (subject to hydrolysis) is 1. The van der Waals surface area contributed by atoms with Crippen molar-refractivity contribution in [2.45, 2.75) is 75.9 Å². The average Bonchev–Trinajstić information content (AvgIpc) is 3.29. The molecule has 3 aliphatic rings. The fourth-order valence-electron chi connectivity index (χ4n) is 4.98. The smallest absolute Gasteiger partial charge is 0.408 e. The number of fused-ring (bicyclic) bond motifs is 3. The second-order valence-electron chi connectivity index (χ2n) is 10.0. The van der Waals surface area contributed by atoms with Gasteiger partial charge < -0.3 is 28.8 Å². The van der Waals surface area contributed by atoms with Crippen LogP contribution in [0.1, 0.15) is 65.2 Å². The summed E-state index contributed by atoms with van der Waals surface area (Å²) in [6.45, 7) is 5.62. The number of aromatic nitrogens is 2. The molecule has 9 nitrogen and oxygen atoms in total. The van der Waals surface area contributed by atoms with Gasteiger partial charge in [0, 0.05) is 16.5 Å². The summed E-state index contributed by atoms with van der Waals surface area (Å²) >= 11 is 0. The second-order valence-corrected chi connectivity index (χ2v) is 10.0. The number of carbonyl (C=O) groups excluding carboxylic acids is 1. The summed E-state index contributed by atoms with van der Waals surface area (Å²) in [7, 11) is 4.71. The van der Waals surface area contributed by atoms with E-state index >= 15 is 0 Å². The lowest BCUT2D eigenvalue weighted by Crippen LogP contribution is -2.58. The van der Waals surface area contributed by atoms with Gasteiger partial charge in [-0.3, -0.25) is 0 Å². The number of nitrogens with one attached hydrogen (secondary N) is 1. The van der Waals surface area contributed by atoms with Crippen molar-refractivity contribution in [3.05, 3.63) is 18.0 Å². The molecule has 0 radical (unpaired) electrons. The van der Waals surface area contributed by atoms with Gasteiger partial charge in [0.05, 0.1) is 21.3 Å². The number of hydrogen-bond acceptors (Lipinski definition) is 8. The van der Waals surface area contributed by atoms with Crippen LogP contribution in [0, 0.1) is 0 Å². The van der Waals surface area contributed by atoms with Crippen LogP contribution >= 0.6 is 0 Å². The standard InChI is InChI=1S/C24H33N3O6/c1-22(2,3)32-21(28)26-24-10-7-23(8-11-24,9-12-24)20-25-19(27-33-20)15-13-16(29-4)18(31-6)17(14-15)30-5/h13-14H,7-12H2,1-6H3,(H,26,28). The molecule has 9 heteroatoms. The molecule has 3 saturated carbocycles. The van der Waals surface area contributed by atoms with E-state index in [0.29, 0.717) is 29.0 Å². The molecule has 1 heterocycles. The summed E-state index contributed by atoms with van der Waals surface area (Å²) < 4.78 is 27.6. The Kier molecular flexibility index (Phi) is 5.92. The number of hydrogen-bond donors (Lipinski definition) is 1. The molecule has 1 amide bonds. The third-order valence-corrected chi connectivity index (χ3v) is 6.82. The molecular weight excluding hydrogens is 426 g/mol. The first-order valence-electron chi connectivity index (χ1n) is 11.3. The summed E-state index contributed by atoms with van der Waals surface area (Å²) in [4.78, 5) is 17.1. The van der Waals surface area contributed by atoms with Gasteiger partial charge in [-0.2, -0.15) is 4.98 Å². The van der Waals surface area contributed by atoms with E-state index in [1.807, 2.05) is 32.9 Å². The van der Waals surface area contributed by atoms with Gasteiger partial charge in [-0.25, -0.2) is 4.79 Å². The minimum absolute atomic E-state index is 0.163. The molecule has 0 unspecified atom stereocenters. The summed E-state index contributed by atoms with van der Waals surface area (Å²) in [6.07, 6.45) is 4.84. The van der Waals surface area contributed by atoms with Gasteiger partial charge in [0.1, 0.15) is 5.60 Å². The van der Waals surface area contributed by atoms with Crippen LogP contribution in [-0.4, -0.2) is 48.7 Å². The molecule has 2 bridgehead atoms. The van der Waals surface area contributed by atoms with Crippen molar-refractivity contribution in [1.29, 1.82) is 0 Å². The maximum Gasteiger partial charge on any atom is 0.408 e. The van der Waals surface area contributed by atoms with Crippen molar-refractivity contribution in [1.82, 2.24) is 15.5 Å². The number of amides is 1. The van der Waals surface area contributed by atoms with Crippen molar-refractivity contribution >= 4 is 6.09 Å². The molecule has 33 heavy (non-hydrogen) atoms. The monoisotopic (exact) mass is 459 g/mol. The van der Waals surface area contributed by atoms with Crippen LogP contribution < -0.4 is 19.5 Å². The fourth-order valence-corrected chi connectivity index (χ4v) is 4.98. The van der Waals surface area contributed by atoms with Gasteiger partial charge in [0.15, 0.2) is 11.5 Å². The Balaban J connectivity index is 1.51. The molecule has 0 saturated heterocycles. The highest BCUT2D eigenvalue weighted by Crippen LogP contribution is 2.53. The Hall–Kier alpha value is -2.97. The van der Waals surface area contributed by atoms with Gasteiger partial charge in [-0.15, -0.1) is 0 Å². The van der Waals surface area contributed by atoms with Gasteiger partial charge >= 0.3 is 6.09 Å². The lowest BCUT2D eigenvalue weighted by Gasteiger charge is -2.51. The van der Waals surface area contributed by atoms with Gasteiger partial charge in [0.2, 0.25) is 17.5 Å². The number of benzene rings is 1. The van der Waals surface area contributed by atoms with E-state index in [0.717, 1.165) is 44.1 Å². The van der Waals surface area contributed by atoms with Crippen molar-refractivity contribution in [3.63, 3.8) is 0 Å². The van der Waals surface area contributed by atoms with Crippen LogP contribution in [0.25, 0.3) is 11.4 Å². The summed E-state index contributed by atoms with van der Waals surface area (Å²) in [5.41, 5.74) is -0.170. The van der Waals surface area contributed by atoms with Crippen molar-refractivity contribution in [2.24, 2.45) is 0 Å². The maximum absolute atomic E-state index is 12.4. The van der Waals surface area contributed by atoms with Crippen LogP contribution in [-0.2, 0) is 10.2 Å². The zero-order valence-electron chi connectivity index (χ0n) is 20.2. The van der Waals surface area contributed by atoms with Crippen LogP contribution in [0.4, 0.5) is 4.79 Å². The quantitative estimate of drug-likeness (QED) is 0.667. The zero-order valence-corrected chi connectivity index (χ0v) is 20.2. The molecule has 180 valence electrons. The average molecular weight is 460 g/mol. The first kappa shape index (κ1) is 23.2. The Morgan fingerprint density at radius 1 is 0.970 bits per heavy atom. The summed E-state index contributed by atoms with van der Waals surface area (Å²) in [5, 5.41) is 7.40. The molecule has 0 atom stereocenters. The molecule has 1 aromatic carbocycles. The van der Waals surface area contributed by atoms with Crippen LogP contribution in [0.2, 0.25) is 0 Å². The minimum Gasteiger partial charge on any atom is -0.493 e. The third-order valence-electron chi connectivity index (χ3n) is 6.82. The number of nitrogens with zero attached hydrogens (tertiary/aromatic N) is 2. The van der Waals surface area contributed by atoms with Gasteiger partial charge in [0.25, 0.3) is 0 Å². The molecule has 0 spiro atoms. The van der Waals surface area contributed by atoms with Gasteiger partial charge in [-0.05, 0) is 71.4 Å². The summed E-state index contributed by atoms with van der Waals surface area (Å²) in [5.74, 6) is 2.71. The Morgan fingerprint density at radius 3 is 2.03 bits per heavy atom. The zero-order chi connectivity index (χ0) is 23.9. The molecule has 3 fully saturated rings. The second kappa shape index (κ2) is 8.43. The Bertz CT molecular complexity index is 976. The number of methoxy groups -OCH3 is 3. The Labute approximate surface area is 194 Å². The van der Waals surface area contributed by atoms with E-state index in [9.17, 15) is 4.79 Å². The number of ether oxygens (including phenoxy) is 4. The molecule has 1 N–H and O–H groups in total. The lowest BCUT2D eigenvalue weighted by atomic mass is 9.57. The Morgan fingerprint density at radius 2 is 1.55 bits per heavy atom. The van der Waals surface area contributed by atoms with Crippen molar-refractivity contribution in [2.75, 3.05) is 21.3 Å². The largest absolute Gasteiger partial charge is 0.493 e. The third kappa shape index (κ3) is 4.45. The van der Waals surface area contributed by atoms with Crippen molar-refractivity contribution in [3.8, 4) is 28.6 Å². The van der Waals surface area contributed by atoms with E-state index in [2.05, 4.69) is 10.5 Å². The van der Waals surface area contributed by atoms with Crippen LogP contribution in [0.15, 0.2) is 16.7 Å². The van der Waals surface area contributed by atoms with E-state index in [-0.39, 0.29) is 17.0 Å². The van der Waals surface area contributed by atoms with E-state index in [1.165, 1.54) is 0 Å².